The number of amides is 2. The second kappa shape index (κ2) is 14.0. The van der Waals surface area contributed by atoms with Crippen LogP contribution in [0.15, 0.2) is 83.8 Å². The van der Waals surface area contributed by atoms with E-state index in [1.165, 1.54) is 17.0 Å². The Balaban J connectivity index is 1.64. The molecule has 1 atom stereocenters. The van der Waals surface area contributed by atoms with Gasteiger partial charge < -0.3 is 10.2 Å². The molecule has 7 nitrogen and oxygen atoms in total. The molecule has 0 radical (unpaired) electrons. The largest absolute Gasteiger partial charge is 0.352 e. The molecule has 4 rings (SSSR count). The van der Waals surface area contributed by atoms with Gasteiger partial charge in [-0.25, -0.2) is 8.42 Å². The van der Waals surface area contributed by atoms with Crippen LogP contribution >= 0.6 is 11.6 Å². The van der Waals surface area contributed by atoms with Gasteiger partial charge in [0.2, 0.25) is 11.8 Å². The van der Waals surface area contributed by atoms with Gasteiger partial charge in [0.05, 0.1) is 15.6 Å². The summed E-state index contributed by atoms with van der Waals surface area (Å²) in [6.45, 7) is 3.32. The van der Waals surface area contributed by atoms with E-state index in [0.29, 0.717) is 6.42 Å². The van der Waals surface area contributed by atoms with Crippen molar-refractivity contribution in [2.45, 2.75) is 69.4 Å². The van der Waals surface area contributed by atoms with Crippen molar-refractivity contribution in [3.63, 3.8) is 0 Å². The van der Waals surface area contributed by atoms with Crippen molar-refractivity contribution in [1.82, 2.24) is 10.2 Å². The first-order valence-corrected chi connectivity index (χ1v) is 16.0. The molecule has 1 aliphatic rings. The van der Waals surface area contributed by atoms with Crippen LogP contribution in [-0.2, 0) is 26.0 Å². The van der Waals surface area contributed by atoms with E-state index in [0.717, 1.165) is 47.5 Å². The van der Waals surface area contributed by atoms with Gasteiger partial charge in [0.15, 0.2) is 0 Å². The van der Waals surface area contributed by atoms with E-state index in [2.05, 4.69) is 5.32 Å². The Labute approximate surface area is 248 Å². The molecule has 1 fully saturated rings. The molecule has 1 N–H and O–H groups in total. The van der Waals surface area contributed by atoms with Crippen LogP contribution in [0.5, 0.6) is 0 Å². The summed E-state index contributed by atoms with van der Waals surface area (Å²) in [4.78, 5) is 28.9. The highest BCUT2D eigenvalue weighted by atomic mass is 35.5. The summed E-state index contributed by atoms with van der Waals surface area (Å²) in [5, 5.41) is 3.33. The van der Waals surface area contributed by atoms with Crippen LogP contribution in [0.25, 0.3) is 0 Å². The lowest BCUT2D eigenvalue weighted by Crippen LogP contribution is -2.53. The Kier molecular flexibility index (Phi) is 10.5. The Hall–Kier alpha value is -3.36. The molecule has 0 unspecified atom stereocenters. The highest BCUT2D eigenvalue weighted by Crippen LogP contribution is 2.31. The van der Waals surface area contributed by atoms with Gasteiger partial charge in [0.1, 0.15) is 12.6 Å². The second-order valence-electron chi connectivity index (χ2n) is 10.6. The van der Waals surface area contributed by atoms with Crippen molar-refractivity contribution < 1.29 is 18.0 Å². The maximum Gasteiger partial charge on any atom is 0.264 e. The molecule has 1 saturated carbocycles. The third-order valence-corrected chi connectivity index (χ3v) is 9.71. The number of carbonyl (C=O) groups excluding carboxylic acids is 2. The molecular weight excluding hydrogens is 558 g/mol. The molecule has 218 valence electrons. The zero-order valence-corrected chi connectivity index (χ0v) is 25.2. The molecule has 2 amide bonds. The van der Waals surface area contributed by atoms with Crippen molar-refractivity contribution in [3.05, 3.63) is 95.0 Å². The summed E-state index contributed by atoms with van der Waals surface area (Å²) in [6.07, 6.45) is 5.66. The van der Waals surface area contributed by atoms with E-state index in [1.54, 1.807) is 43.3 Å². The van der Waals surface area contributed by atoms with Crippen LogP contribution in [0.4, 0.5) is 5.69 Å². The first kappa shape index (κ1) is 30.6. The predicted octanol–water partition coefficient (Wildman–Crippen LogP) is 5.75. The van der Waals surface area contributed by atoms with Crippen LogP contribution in [0.2, 0.25) is 5.02 Å². The number of nitrogens with one attached hydrogen (secondary N) is 1. The Morgan fingerprint density at radius 2 is 1.56 bits per heavy atom. The molecule has 3 aromatic rings. The van der Waals surface area contributed by atoms with Crippen LogP contribution in [0.1, 0.15) is 50.2 Å². The second-order valence-corrected chi connectivity index (χ2v) is 12.9. The van der Waals surface area contributed by atoms with Crippen LogP contribution in [-0.4, -0.2) is 50.3 Å². The number of hydrogen-bond acceptors (Lipinski definition) is 4. The average molecular weight is 596 g/mol. The third kappa shape index (κ3) is 7.89. The van der Waals surface area contributed by atoms with E-state index >= 15 is 0 Å². The normalized spacial score (nSPS) is 14.7. The number of para-hydroxylation sites is 1. The zero-order valence-electron chi connectivity index (χ0n) is 23.6. The van der Waals surface area contributed by atoms with Gasteiger partial charge in [-0.2, -0.15) is 0 Å². The van der Waals surface area contributed by atoms with E-state index in [4.69, 9.17) is 11.6 Å². The predicted molar refractivity (Wildman–Crippen MR) is 163 cm³/mol. The van der Waals surface area contributed by atoms with Gasteiger partial charge in [0, 0.05) is 12.6 Å². The fraction of sp³-hybridized carbons (Fsp3) is 0.375. The van der Waals surface area contributed by atoms with Gasteiger partial charge in [-0.1, -0.05) is 91.0 Å². The van der Waals surface area contributed by atoms with Gasteiger partial charge in [-0.05, 0) is 62.9 Å². The summed E-state index contributed by atoms with van der Waals surface area (Å²) in [7, 11) is -4.16. The van der Waals surface area contributed by atoms with Crippen molar-refractivity contribution in [1.29, 1.82) is 0 Å². The van der Waals surface area contributed by atoms with Crippen LogP contribution in [0, 0.1) is 6.92 Å². The van der Waals surface area contributed by atoms with Gasteiger partial charge in [-0.15, -0.1) is 0 Å². The maximum absolute atomic E-state index is 14.0. The first-order chi connectivity index (χ1) is 19.7. The van der Waals surface area contributed by atoms with E-state index in [-0.39, 0.29) is 34.1 Å². The van der Waals surface area contributed by atoms with Crippen molar-refractivity contribution >= 4 is 39.1 Å². The standard InChI is InChI=1S/C32H38ClN3O4S/c1-24-17-19-28(20-18-24)41(39,40)36(30-16-10-9-15-29(30)33)23-31(37)35(22-21-26-11-5-3-6-12-26)25(2)32(38)34-27-13-7-4-8-14-27/h3,5-6,9-12,15-20,25,27H,4,7-8,13-14,21-23H2,1-2H3,(H,34,38)/t25-/m0/s1. The molecule has 3 aromatic carbocycles. The quantitative estimate of drug-likeness (QED) is 0.306. The molecule has 0 bridgehead atoms. The van der Waals surface area contributed by atoms with E-state index in [1.807, 2.05) is 37.3 Å². The van der Waals surface area contributed by atoms with Crippen molar-refractivity contribution in [2.75, 3.05) is 17.4 Å². The SMILES string of the molecule is Cc1ccc(S(=O)(=O)N(CC(=O)N(CCc2ccccc2)[C@@H](C)C(=O)NC2CCCCC2)c2ccccc2Cl)cc1. The Bertz CT molecular complexity index is 1420. The van der Waals surface area contributed by atoms with Gasteiger partial charge >= 0.3 is 0 Å². The number of halogens is 1. The number of hydrogen-bond donors (Lipinski definition) is 1. The smallest absolute Gasteiger partial charge is 0.264 e. The summed E-state index contributed by atoms with van der Waals surface area (Å²) in [6, 6.07) is 22.0. The number of benzene rings is 3. The third-order valence-electron chi connectivity index (χ3n) is 7.61. The number of nitrogens with zero attached hydrogens (tertiary/aromatic N) is 2. The molecule has 0 spiro atoms. The summed E-state index contributed by atoms with van der Waals surface area (Å²) < 4.78 is 28.9. The monoisotopic (exact) mass is 595 g/mol. The van der Waals surface area contributed by atoms with Crippen LogP contribution in [0.3, 0.4) is 0 Å². The van der Waals surface area contributed by atoms with Crippen LogP contribution < -0.4 is 9.62 Å². The molecule has 1 aliphatic carbocycles. The number of sulfonamides is 1. The molecule has 0 aromatic heterocycles. The highest BCUT2D eigenvalue weighted by molar-refractivity contribution is 7.92. The molecule has 0 heterocycles. The molecule has 0 saturated heterocycles. The van der Waals surface area contributed by atoms with Crippen molar-refractivity contribution in [3.8, 4) is 0 Å². The van der Waals surface area contributed by atoms with E-state index < -0.39 is 28.5 Å². The Morgan fingerprint density at radius 1 is 0.927 bits per heavy atom. The lowest BCUT2D eigenvalue weighted by molar-refractivity contribution is -0.139. The topological polar surface area (TPSA) is 86.8 Å². The van der Waals surface area contributed by atoms with Gasteiger partial charge in [-0.3, -0.25) is 13.9 Å². The fourth-order valence-electron chi connectivity index (χ4n) is 5.14. The lowest BCUT2D eigenvalue weighted by Gasteiger charge is -2.33. The maximum atomic E-state index is 14.0. The number of rotatable bonds is 11. The molecule has 9 heteroatoms. The first-order valence-electron chi connectivity index (χ1n) is 14.1. The minimum absolute atomic E-state index is 0.0507. The fourth-order valence-corrected chi connectivity index (χ4v) is 6.86. The summed E-state index contributed by atoms with van der Waals surface area (Å²) in [5.74, 6) is -0.716. The summed E-state index contributed by atoms with van der Waals surface area (Å²) >= 11 is 6.47. The Morgan fingerprint density at radius 3 is 2.22 bits per heavy atom. The highest BCUT2D eigenvalue weighted by Gasteiger charge is 2.33. The summed E-state index contributed by atoms with van der Waals surface area (Å²) in [5.41, 5.74) is 2.13. The zero-order chi connectivity index (χ0) is 29.4. The van der Waals surface area contributed by atoms with Crippen molar-refractivity contribution in [2.24, 2.45) is 0 Å². The number of carbonyl (C=O) groups is 2. The van der Waals surface area contributed by atoms with Gasteiger partial charge in [0.25, 0.3) is 10.0 Å². The number of anilines is 1. The average Bonchev–Trinajstić information content (AvgIpc) is 2.97. The molecular formula is C32H38ClN3O4S. The molecule has 0 aliphatic heterocycles. The minimum Gasteiger partial charge on any atom is -0.352 e. The molecule has 41 heavy (non-hydrogen) atoms. The van der Waals surface area contributed by atoms with E-state index in [9.17, 15) is 18.0 Å². The number of aryl methyl sites for hydroxylation is 1. The lowest BCUT2D eigenvalue weighted by atomic mass is 9.95. The minimum atomic E-state index is -4.16.